The van der Waals surface area contributed by atoms with Crippen LogP contribution in [-0.4, -0.2) is 38.7 Å². The van der Waals surface area contributed by atoms with E-state index in [-0.39, 0.29) is 17.9 Å². The molecule has 1 heterocycles. The summed E-state index contributed by atoms with van der Waals surface area (Å²) in [6.07, 6.45) is 1.92. The second kappa shape index (κ2) is 7.49. The molecule has 2 unspecified atom stereocenters. The number of hydrogen-bond donors (Lipinski definition) is 2. The Bertz CT molecular complexity index is 557. The van der Waals surface area contributed by atoms with Crippen molar-refractivity contribution in [3.05, 3.63) is 24.3 Å². The minimum atomic E-state index is -3.28. The van der Waals surface area contributed by atoms with Crippen molar-refractivity contribution in [1.29, 1.82) is 0 Å². The van der Waals surface area contributed by atoms with E-state index in [4.69, 9.17) is 10.5 Å². The van der Waals surface area contributed by atoms with E-state index < -0.39 is 10.0 Å². The third-order valence-electron chi connectivity index (χ3n) is 3.37. The van der Waals surface area contributed by atoms with Crippen LogP contribution in [0.15, 0.2) is 29.2 Å². The van der Waals surface area contributed by atoms with Gasteiger partial charge in [-0.15, -0.1) is 11.8 Å². The maximum Gasteiger partial charge on any atom is 0.212 e. The number of rotatable bonds is 7. The number of nitrogen functional groups attached to an aromatic ring is 1. The summed E-state index contributed by atoms with van der Waals surface area (Å²) in [6, 6.07) is 7.28. The first-order valence-electron chi connectivity index (χ1n) is 7.06. The van der Waals surface area contributed by atoms with Gasteiger partial charge in [0.05, 0.1) is 11.9 Å². The minimum absolute atomic E-state index is 0.00125. The normalized spacial score (nSPS) is 20.5. The van der Waals surface area contributed by atoms with Gasteiger partial charge in [-0.3, -0.25) is 0 Å². The highest BCUT2D eigenvalue weighted by molar-refractivity contribution is 8.00. The van der Waals surface area contributed by atoms with Crippen molar-refractivity contribution in [2.45, 2.75) is 36.8 Å². The van der Waals surface area contributed by atoms with Crippen LogP contribution < -0.4 is 10.5 Å². The van der Waals surface area contributed by atoms with Crippen LogP contribution in [0.2, 0.25) is 0 Å². The van der Waals surface area contributed by atoms with Gasteiger partial charge in [-0.1, -0.05) is 6.07 Å². The summed E-state index contributed by atoms with van der Waals surface area (Å²) in [4.78, 5) is 0.984. The Balaban J connectivity index is 1.78. The van der Waals surface area contributed by atoms with Gasteiger partial charge in [-0.25, -0.2) is 13.1 Å². The topological polar surface area (TPSA) is 81.4 Å². The summed E-state index contributed by atoms with van der Waals surface area (Å²) in [5.41, 5.74) is 6.38. The Kier molecular flexibility index (Phi) is 5.92. The molecule has 118 valence electrons. The summed E-state index contributed by atoms with van der Waals surface area (Å²) >= 11 is 1.49. The number of ether oxygens (including phenoxy) is 1. The Hall–Kier alpha value is -0.760. The zero-order valence-corrected chi connectivity index (χ0v) is 13.8. The predicted molar refractivity (Wildman–Crippen MR) is 86.9 cm³/mol. The zero-order chi connectivity index (χ0) is 15.3. The summed E-state index contributed by atoms with van der Waals surface area (Å²) in [5.74, 6) is 0.584. The molecule has 5 nitrogen and oxygen atoms in total. The first-order chi connectivity index (χ1) is 9.96. The molecule has 1 fully saturated rings. The van der Waals surface area contributed by atoms with Crippen LogP contribution in [0.4, 0.5) is 5.69 Å². The fraction of sp³-hybridized carbons (Fsp3) is 0.571. The van der Waals surface area contributed by atoms with Crippen LogP contribution >= 0.6 is 11.8 Å². The van der Waals surface area contributed by atoms with Gasteiger partial charge in [0, 0.05) is 29.0 Å². The average molecular weight is 330 g/mol. The van der Waals surface area contributed by atoms with Gasteiger partial charge in [-0.2, -0.15) is 0 Å². The molecule has 0 spiro atoms. The van der Waals surface area contributed by atoms with E-state index in [1.807, 2.05) is 31.2 Å². The van der Waals surface area contributed by atoms with Gasteiger partial charge in [0.2, 0.25) is 10.0 Å². The molecule has 1 aliphatic heterocycles. The van der Waals surface area contributed by atoms with E-state index in [0.29, 0.717) is 11.4 Å². The molecule has 1 aliphatic rings. The van der Waals surface area contributed by atoms with Gasteiger partial charge in [-0.05, 0) is 38.0 Å². The summed E-state index contributed by atoms with van der Waals surface area (Å²) in [6.45, 7) is 2.58. The van der Waals surface area contributed by atoms with Crippen molar-refractivity contribution in [3.63, 3.8) is 0 Å². The largest absolute Gasteiger partial charge is 0.399 e. The Labute approximate surface area is 130 Å². The lowest BCUT2D eigenvalue weighted by Crippen LogP contribution is -2.42. The molecule has 0 bridgehead atoms. The Morgan fingerprint density at radius 3 is 3.00 bits per heavy atom. The molecule has 1 aromatic rings. The van der Waals surface area contributed by atoms with E-state index in [0.717, 1.165) is 24.3 Å². The van der Waals surface area contributed by atoms with Gasteiger partial charge in [0.15, 0.2) is 0 Å². The summed E-state index contributed by atoms with van der Waals surface area (Å²) in [7, 11) is -3.28. The molecule has 0 aromatic heterocycles. The Morgan fingerprint density at radius 2 is 2.33 bits per heavy atom. The molecule has 2 rings (SSSR count). The van der Waals surface area contributed by atoms with Gasteiger partial charge < -0.3 is 10.5 Å². The highest BCUT2D eigenvalue weighted by atomic mass is 32.2. The monoisotopic (exact) mass is 330 g/mol. The van der Waals surface area contributed by atoms with Crippen molar-refractivity contribution in [1.82, 2.24) is 4.72 Å². The smallest absolute Gasteiger partial charge is 0.212 e. The van der Waals surface area contributed by atoms with Gasteiger partial charge >= 0.3 is 0 Å². The van der Waals surface area contributed by atoms with Crippen LogP contribution in [-0.2, 0) is 14.8 Å². The first kappa shape index (κ1) is 16.6. The molecule has 7 heteroatoms. The molecular weight excluding hydrogens is 308 g/mol. The lowest BCUT2D eigenvalue weighted by Gasteiger charge is -2.19. The van der Waals surface area contributed by atoms with E-state index in [1.165, 1.54) is 11.8 Å². The lowest BCUT2D eigenvalue weighted by molar-refractivity contribution is 0.0902. The molecule has 2 atom stereocenters. The quantitative estimate of drug-likeness (QED) is 0.589. The fourth-order valence-corrected chi connectivity index (χ4v) is 4.97. The lowest BCUT2D eigenvalue weighted by atomic mass is 10.1. The number of hydrogen-bond acceptors (Lipinski definition) is 5. The van der Waals surface area contributed by atoms with E-state index >= 15 is 0 Å². The summed E-state index contributed by atoms with van der Waals surface area (Å²) < 4.78 is 32.3. The van der Waals surface area contributed by atoms with Gasteiger partial charge in [0.25, 0.3) is 0 Å². The number of nitrogens with two attached hydrogens (primary N) is 1. The predicted octanol–water partition coefficient (Wildman–Crippen LogP) is 1.85. The molecule has 0 amide bonds. The number of thioether (sulfide) groups is 1. The Morgan fingerprint density at radius 1 is 1.52 bits per heavy atom. The van der Waals surface area contributed by atoms with Gasteiger partial charge in [0.1, 0.15) is 0 Å². The molecule has 0 radical (unpaired) electrons. The van der Waals surface area contributed by atoms with Crippen LogP contribution in [0, 0.1) is 0 Å². The first-order valence-corrected chi connectivity index (χ1v) is 9.70. The second-order valence-corrected chi connectivity index (χ2v) is 8.24. The highest BCUT2D eigenvalue weighted by Crippen LogP contribution is 2.20. The fourth-order valence-electron chi connectivity index (χ4n) is 2.29. The molecule has 0 saturated carbocycles. The average Bonchev–Trinajstić information content (AvgIpc) is 2.92. The van der Waals surface area contributed by atoms with Crippen LogP contribution in [0.1, 0.15) is 19.8 Å². The van der Waals surface area contributed by atoms with Crippen LogP contribution in [0.3, 0.4) is 0 Å². The number of nitrogens with one attached hydrogen (secondary N) is 1. The van der Waals surface area contributed by atoms with E-state index in [2.05, 4.69) is 4.72 Å². The van der Waals surface area contributed by atoms with Crippen molar-refractivity contribution in [2.75, 3.05) is 23.8 Å². The molecule has 3 N–H and O–H groups in total. The molecule has 0 aliphatic carbocycles. The minimum Gasteiger partial charge on any atom is -0.399 e. The summed E-state index contributed by atoms with van der Waals surface area (Å²) in [5, 5.41) is 0. The molecular formula is C14H22N2O3S2. The highest BCUT2D eigenvalue weighted by Gasteiger charge is 2.25. The SMILES string of the molecule is CC(NS(=O)(=O)CCSc1cccc(N)c1)C1CCCO1. The molecule has 1 saturated heterocycles. The third kappa shape index (κ3) is 5.50. The number of anilines is 1. The van der Waals surface area contributed by atoms with E-state index in [9.17, 15) is 8.42 Å². The number of sulfonamides is 1. The van der Waals surface area contributed by atoms with Crippen molar-refractivity contribution in [3.8, 4) is 0 Å². The van der Waals surface area contributed by atoms with Crippen molar-refractivity contribution in [2.24, 2.45) is 0 Å². The zero-order valence-electron chi connectivity index (χ0n) is 12.1. The van der Waals surface area contributed by atoms with Crippen LogP contribution in [0.5, 0.6) is 0 Å². The van der Waals surface area contributed by atoms with Crippen LogP contribution in [0.25, 0.3) is 0 Å². The van der Waals surface area contributed by atoms with Crippen molar-refractivity contribution < 1.29 is 13.2 Å². The third-order valence-corrected chi connectivity index (χ3v) is 6.09. The maximum atomic E-state index is 12.1. The number of benzene rings is 1. The molecule has 21 heavy (non-hydrogen) atoms. The standard InChI is InChI=1S/C14H22N2O3S2/c1-11(14-6-3-7-19-14)16-21(17,18)9-8-20-13-5-2-4-12(15)10-13/h2,4-5,10-11,14,16H,3,6-9,15H2,1H3. The maximum absolute atomic E-state index is 12.1. The van der Waals surface area contributed by atoms with E-state index in [1.54, 1.807) is 0 Å². The van der Waals surface area contributed by atoms with Crippen molar-refractivity contribution >= 4 is 27.5 Å². The second-order valence-electron chi connectivity index (χ2n) is 5.20. The molecule has 1 aromatic carbocycles.